The van der Waals surface area contributed by atoms with E-state index >= 15 is 0 Å². The van der Waals surface area contributed by atoms with Crippen LogP contribution in [0.25, 0.3) is 0 Å². The Morgan fingerprint density at radius 2 is 2.25 bits per heavy atom. The third-order valence-corrected chi connectivity index (χ3v) is 1.79. The maximum atomic E-state index is 10.3. The van der Waals surface area contributed by atoms with Crippen LogP contribution in [0.3, 0.4) is 0 Å². The lowest BCUT2D eigenvalue weighted by atomic mass is 10.4. The molecule has 0 heterocycles. The molecule has 0 amide bonds. The van der Waals surface area contributed by atoms with Gasteiger partial charge in [-0.05, 0) is 6.42 Å². The summed E-state index contributed by atoms with van der Waals surface area (Å²) in [7, 11) is -3.18. The Bertz CT molecular complexity index is 98.2. The molecule has 0 rings (SSSR count). The normalized spacial score (nSPS) is 17.9. The summed E-state index contributed by atoms with van der Waals surface area (Å²) in [6, 6.07) is 0. The van der Waals surface area contributed by atoms with E-state index in [1.54, 1.807) is 0 Å². The molecule has 0 saturated heterocycles. The van der Waals surface area contributed by atoms with Crippen LogP contribution in [0.1, 0.15) is 19.8 Å². The first-order chi connectivity index (χ1) is 3.56. The Morgan fingerprint density at radius 3 is 2.38 bits per heavy atom. The molecule has 3 N–H and O–H groups in total. The first-order valence-corrected chi connectivity index (χ1v) is 4.58. The van der Waals surface area contributed by atoms with Gasteiger partial charge in [0, 0.05) is 6.16 Å². The van der Waals surface area contributed by atoms with Gasteiger partial charge in [0.2, 0.25) is 0 Å². The van der Waals surface area contributed by atoms with E-state index in [1.165, 1.54) is 0 Å². The predicted octanol–water partition coefficient (Wildman–Crippen LogP) is 0.931. The van der Waals surface area contributed by atoms with Gasteiger partial charge >= 0.3 is 0 Å². The minimum absolute atomic E-state index is 0.253. The van der Waals surface area contributed by atoms with Crippen LogP contribution in [-0.2, 0) is 4.57 Å². The molecule has 0 aliphatic carbocycles. The summed E-state index contributed by atoms with van der Waals surface area (Å²) in [6.45, 7) is 1.95. The summed E-state index contributed by atoms with van der Waals surface area (Å²) in [4.78, 5) is 8.48. The predicted molar refractivity (Wildman–Crippen MR) is 33.8 cm³/mol. The summed E-state index contributed by atoms with van der Waals surface area (Å²) < 4.78 is 10.3. The highest BCUT2D eigenvalue weighted by molar-refractivity contribution is 7.55. The second-order valence-electron chi connectivity index (χ2n) is 1.83. The lowest BCUT2D eigenvalue weighted by Gasteiger charge is -2.00. The average molecular weight is 137 g/mol. The molecule has 1 atom stereocenters. The number of unbranched alkanes of at least 4 members (excludes halogenated alkanes) is 1. The van der Waals surface area contributed by atoms with Crippen LogP contribution in [0.4, 0.5) is 0 Å². The third kappa shape index (κ3) is 6.15. The Morgan fingerprint density at radius 1 is 1.75 bits per heavy atom. The van der Waals surface area contributed by atoms with Gasteiger partial charge in [0.1, 0.15) is 0 Å². The van der Waals surface area contributed by atoms with Crippen LogP contribution in [0.5, 0.6) is 0 Å². The highest BCUT2D eigenvalue weighted by atomic mass is 31.2. The maximum Gasteiger partial charge on any atom is 0.264 e. The molecule has 0 spiro atoms. The molecule has 0 aliphatic rings. The van der Waals surface area contributed by atoms with E-state index in [0.29, 0.717) is 0 Å². The van der Waals surface area contributed by atoms with Gasteiger partial charge < -0.3 is 4.89 Å². The van der Waals surface area contributed by atoms with Gasteiger partial charge in [-0.15, -0.1) is 0 Å². The molecule has 0 radical (unpaired) electrons. The first-order valence-electron chi connectivity index (χ1n) is 2.66. The summed E-state index contributed by atoms with van der Waals surface area (Å²) in [5, 5.41) is 0. The monoisotopic (exact) mass is 137 g/mol. The highest BCUT2D eigenvalue weighted by Crippen LogP contribution is 2.30. The number of hydrogen-bond donors (Lipinski definition) is 2. The Hall–Kier alpha value is 0.150. The van der Waals surface area contributed by atoms with Gasteiger partial charge in [-0.3, -0.25) is 10.1 Å². The Kier molecular flexibility index (Phi) is 3.29. The average Bonchev–Trinajstić information content (AvgIpc) is 1.59. The molecule has 0 aromatic heterocycles. The fourth-order valence-corrected chi connectivity index (χ4v) is 1.15. The largest absolute Gasteiger partial charge is 0.333 e. The van der Waals surface area contributed by atoms with Crippen molar-refractivity contribution >= 4 is 7.52 Å². The number of nitrogens with two attached hydrogens (primary N) is 1. The van der Waals surface area contributed by atoms with E-state index in [-0.39, 0.29) is 6.16 Å². The second-order valence-corrected chi connectivity index (χ2v) is 3.79. The minimum Gasteiger partial charge on any atom is -0.333 e. The van der Waals surface area contributed by atoms with Crippen LogP contribution in [0, 0.1) is 0 Å². The molecule has 50 valence electrons. The molecule has 0 aromatic rings. The SMILES string of the molecule is CCCCP(N)(=O)O. The second kappa shape index (κ2) is 3.23. The van der Waals surface area contributed by atoms with Crippen molar-refractivity contribution in [3.05, 3.63) is 0 Å². The zero-order valence-corrected chi connectivity index (χ0v) is 5.90. The van der Waals surface area contributed by atoms with E-state index in [9.17, 15) is 4.57 Å². The molecule has 4 heteroatoms. The Labute approximate surface area is 49.4 Å². The van der Waals surface area contributed by atoms with Crippen LogP contribution >= 0.6 is 7.52 Å². The fourth-order valence-electron chi connectivity index (χ4n) is 0.385. The fraction of sp³-hybridized carbons (Fsp3) is 1.00. The van der Waals surface area contributed by atoms with Crippen molar-refractivity contribution in [3.8, 4) is 0 Å². The molecular formula is C4H12NO2P. The maximum absolute atomic E-state index is 10.3. The van der Waals surface area contributed by atoms with Gasteiger partial charge in [0.05, 0.1) is 0 Å². The molecule has 0 aromatic carbocycles. The van der Waals surface area contributed by atoms with Crippen molar-refractivity contribution in [2.24, 2.45) is 5.50 Å². The molecule has 8 heavy (non-hydrogen) atoms. The van der Waals surface area contributed by atoms with E-state index < -0.39 is 7.52 Å². The van der Waals surface area contributed by atoms with Gasteiger partial charge in [0.25, 0.3) is 7.52 Å². The molecule has 0 aliphatic heterocycles. The van der Waals surface area contributed by atoms with Crippen molar-refractivity contribution in [2.45, 2.75) is 19.8 Å². The Balaban J connectivity index is 3.26. The topological polar surface area (TPSA) is 63.3 Å². The van der Waals surface area contributed by atoms with Crippen LogP contribution in [0.15, 0.2) is 0 Å². The van der Waals surface area contributed by atoms with Gasteiger partial charge in [-0.2, -0.15) is 0 Å². The minimum atomic E-state index is -3.18. The smallest absolute Gasteiger partial charge is 0.264 e. The van der Waals surface area contributed by atoms with Crippen molar-refractivity contribution in [2.75, 3.05) is 6.16 Å². The van der Waals surface area contributed by atoms with Crippen LogP contribution < -0.4 is 5.50 Å². The number of rotatable bonds is 3. The first kappa shape index (κ1) is 8.15. The zero-order chi connectivity index (χ0) is 6.62. The standard InChI is InChI=1S/C4H12NO2P/c1-2-3-4-8(5,6)7/h2-4H2,1H3,(H3,5,6,7). The van der Waals surface area contributed by atoms with Gasteiger partial charge in [-0.25, -0.2) is 0 Å². The molecule has 0 fully saturated rings. The molecule has 0 saturated carbocycles. The van der Waals surface area contributed by atoms with Crippen molar-refractivity contribution in [1.29, 1.82) is 0 Å². The van der Waals surface area contributed by atoms with Gasteiger partial charge in [0.15, 0.2) is 0 Å². The molecular weight excluding hydrogens is 125 g/mol. The van der Waals surface area contributed by atoms with Crippen molar-refractivity contribution < 1.29 is 9.46 Å². The summed E-state index contributed by atoms with van der Waals surface area (Å²) in [6.07, 6.45) is 1.91. The van der Waals surface area contributed by atoms with Crippen LogP contribution in [-0.4, -0.2) is 11.1 Å². The van der Waals surface area contributed by atoms with Crippen LogP contribution in [0.2, 0.25) is 0 Å². The van der Waals surface area contributed by atoms with E-state index in [0.717, 1.165) is 12.8 Å². The molecule has 0 bridgehead atoms. The van der Waals surface area contributed by atoms with E-state index in [4.69, 9.17) is 10.4 Å². The lowest BCUT2D eigenvalue weighted by Crippen LogP contribution is -1.97. The highest BCUT2D eigenvalue weighted by Gasteiger charge is 2.07. The summed E-state index contributed by atoms with van der Waals surface area (Å²) >= 11 is 0. The van der Waals surface area contributed by atoms with Crippen molar-refractivity contribution in [3.63, 3.8) is 0 Å². The molecule has 3 nitrogen and oxygen atoms in total. The summed E-state index contributed by atoms with van der Waals surface area (Å²) in [5.74, 6) is 0. The van der Waals surface area contributed by atoms with Gasteiger partial charge in [-0.1, -0.05) is 13.3 Å². The summed E-state index contributed by atoms with van der Waals surface area (Å²) in [5.41, 5.74) is 4.83. The van der Waals surface area contributed by atoms with Crippen molar-refractivity contribution in [1.82, 2.24) is 0 Å². The molecule has 1 unspecified atom stereocenters. The zero-order valence-electron chi connectivity index (χ0n) is 5.00. The lowest BCUT2D eigenvalue weighted by molar-refractivity contribution is 0.477. The number of hydrogen-bond acceptors (Lipinski definition) is 1. The quantitative estimate of drug-likeness (QED) is 0.569. The van der Waals surface area contributed by atoms with E-state index in [1.807, 2.05) is 6.92 Å². The van der Waals surface area contributed by atoms with E-state index in [2.05, 4.69) is 0 Å². The third-order valence-electron chi connectivity index (χ3n) is 0.832.